The van der Waals surface area contributed by atoms with E-state index in [-0.39, 0.29) is 12.5 Å². The number of benzene rings is 1. The van der Waals surface area contributed by atoms with Gasteiger partial charge in [-0.2, -0.15) is 0 Å². The number of rotatable bonds is 4. The Bertz CT molecular complexity index is 502. The van der Waals surface area contributed by atoms with Crippen LogP contribution in [-0.4, -0.2) is 54.8 Å². The second-order valence-corrected chi connectivity index (χ2v) is 5.34. The van der Waals surface area contributed by atoms with Gasteiger partial charge in [0.15, 0.2) is 0 Å². The Balaban J connectivity index is 1.86. The molecule has 0 bridgehead atoms. The summed E-state index contributed by atoms with van der Waals surface area (Å²) >= 11 is 11.9. The van der Waals surface area contributed by atoms with Crippen LogP contribution in [0.25, 0.3) is 0 Å². The predicted octanol–water partition coefficient (Wildman–Crippen LogP) is 1.71. The van der Waals surface area contributed by atoms with Crippen molar-refractivity contribution in [1.82, 2.24) is 9.80 Å². The van der Waals surface area contributed by atoms with Crippen molar-refractivity contribution >= 4 is 41.2 Å². The molecule has 1 aliphatic rings. The summed E-state index contributed by atoms with van der Waals surface area (Å²) in [5.74, 6) is -0.0217. The topological polar surface area (TPSA) is 52.7 Å². The summed E-state index contributed by atoms with van der Waals surface area (Å²) in [5.41, 5.74) is 0.638. The molecule has 0 saturated carbocycles. The number of nitrogens with zero attached hydrogens (tertiary/aromatic N) is 2. The van der Waals surface area contributed by atoms with E-state index in [4.69, 9.17) is 23.2 Å². The van der Waals surface area contributed by atoms with E-state index in [2.05, 4.69) is 5.32 Å². The van der Waals surface area contributed by atoms with Crippen LogP contribution >= 0.6 is 23.2 Å². The maximum Gasteiger partial charge on any atom is 0.241 e. The third kappa shape index (κ3) is 3.77. The average molecular weight is 316 g/mol. The number of nitrogens with one attached hydrogen (secondary N) is 1. The van der Waals surface area contributed by atoms with Crippen molar-refractivity contribution in [3.63, 3.8) is 0 Å². The monoisotopic (exact) mass is 315 g/mol. The van der Waals surface area contributed by atoms with Crippen molar-refractivity contribution in [2.75, 3.05) is 38.0 Å². The molecule has 20 heavy (non-hydrogen) atoms. The third-order valence-corrected chi connectivity index (χ3v) is 3.74. The van der Waals surface area contributed by atoms with Gasteiger partial charge in [0.2, 0.25) is 12.3 Å². The average Bonchev–Trinajstić information content (AvgIpc) is 2.48. The molecule has 5 nitrogen and oxygen atoms in total. The summed E-state index contributed by atoms with van der Waals surface area (Å²) < 4.78 is 0. The fourth-order valence-electron chi connectivity index (χ4n) is 1.99. The number of hydrogen-bond acceptors (Lipinski definition) is 3. The number of anilines is 1. The predicted molar refractivity (Wildman–Crippen MR) is 79.2 cm³/mol. The van der Waals surface area contributed by atoms with Crippen molar-refractivity contribution in [1.29, 1.82) is 0 Å². The lowest BCUT2D eigenvalue weighted by atomic mass is 10.3. The van der Waals surface area contributed by atoms with Crippen LogP contribution in [0.1, 0.15) is 0 Å². The number of amides is 2. The van der Waals surface area contributed by atoms with Crippen LogP contribution < -0.4 is 5.32 Å². The van der Waals surface area contributed by atoms with E-state index < -0.39 is 0 Å². The van der Waals surface area contributed by atoms with Crippen LogP contribution in [0.2, 0.25) is 10.0 Å². The summed E-state index contributed by atoms with van der Waals surface area (Å²) in [6.07, 6.45) is 0.811. The summed E-state index contributed by atoms with van der Waals surface area (Å²) in [6, 6.07) is 5.05. The molecule has 1 heterocycles. The standard InChI is InChI=1S/C13H15Cl2N3O2/c14-10-1-2-11(15)12(7-10)16-8-13(20)18-5-3-17(9-19)4-6-18/h1-2,7,9,16H,3-6,8H2. The third-order valence-electron chi connectivity index (χ3n) is 3.17. The van der Waals surface area contributed by atoms with Gasteiger partial charge in [-0.1, -0.05) is 23.2 Å². The second kappa shape index (κ2) is 6.81. The molecule has 1 saturated heterocycles. The van der Waals surface area contributed by atoms with Crippen LogP contribution in [0.5, 0.6) is 0 Å². The normalized spacial score (nSPS) is 15.1. The first kappa shape index (κ1) is 14.9. The number of piperazine rings is 1. The van der Waals surface area contributed by atoms with Crippen molar-refractivity contribution in [3.8, 4) is 0 Å². The number of carbonyl (C=O) groups is 2. The minimum absolute atomic E-state index is 0.0217. The first-order chi connectivity index (χ1) is 9.60. The van der Waals surface area contributed by atoms with Crippen LogP contribution in [0, 0.1) is 0 Å². The Morgan fingerprint density at radius 1 is 1.25 bits per heavy atom. The van der Waals surface area contributed by atoms with Gasteiger partial charge in [-0.25, -0.2) is 0 Å². The molecule has 0 spiro atoms. The minimum atomic E-state index is -0.0217. The highest BCUT2D eigenvalue weighted by Gasteiger charge is 2.19. The highest BCUT2D eigenvalue weighted by Crippen LogP contribution is 2.25. The lowest BCUT2D eigenvalue weighted by Crippen LogP contribution is -2.49. The molecule has 0 aliphatic carbocycles. The number of halogens is 2. The zero-order chi connectivity index (χ0) is 14.5. The van der Waals surface area contributed by atoms with Crippen LogP contribution in [0.3, 0.4) is 0 Å². The van der Waals surface area contributed by atoms with E-state index in [0.717, 1.165) is 6.41 Å². The Morgan fingerprint density at radius 3 is 2.60 bits per heavy atom. The van der Waals surface area contributed by atoms with Gasteiger partial charge in [0, 0.05) is 31.2 Å². The molecule has 1 aliphatic heterocycles. The van der Waals surface area contributed by atoms with Gasteiger partial charge in [0.05, 0.1) is 17.3 Å². The Hall–Kier alpha value is -1.46. The van der Waals surface area contributed by atoms with Crippen LogP contribution in [0.15, 0.2) is 18.2 Å². The Morgan fingerprint density at radius 2 is 1.95 bits per heavy atom. The molecule has 7 heteroatoms. The molecule has 108 valence electrons. The first-order valence-corrected chi connectivity index (χ1v) is 7.02. The molecular weight excluding hydrogens is 301 g/mol. The van der Waals surface area contributed by atoms with Gasteiger partial charge in [0.1, 0.15) is 0 Å². The fourth-order valence-corrected chi connectivity index (χ4v) is 2.35. The molecule has 2 amide bonds. The molecule has 1 fully saturated rings. The van der Waals surface area contributed by atoms with E-state index in [1.807, 2.05) is 0 Å². The van der Waals surface area contributed by atoms with Gasteiger partial charge in [0.25, 0.3) is 0 Å². The molecular formula is C13H15Cl2N3O2. The summed E-state index contributed by atoms with van der Waals surface area (Å²) in [5, 5.41) is 4.07. The van der Waals surface area contributed by atoms with Gasteiger partial charge in [-0.05, 0) is 18.2 Å². The van der Waals surface area contributed by atoms with E-state index in [9.17, 15) is 9.59 Å². The van der Waals surface area contributed by atoms with Crippen molar-refractivity contribution in [3.05, 3.63) is 28.2 Å². The van der Waals surface area contributed by atoms with E-state index >= 15 is 0 Å². The van der Waals surface area contributed by atoms with Crippen molar-refractivity contribution < 1.29 is 9.59 Å². The second-order valence-electron chi connectivity index (χ2n) is 4.50. The molecule has 0 atom stereocenters. The van der Waals surface area contributed by atoms with Gasteiger partial charge in [-0.3, -0.25) is 9.59 Å². The maximum atomic E-state index is 12.0. The van der Waals surface area contributed by atoms with Gasteiger partial charge in [-0.15, -0.1) is 0 Å². The Kier molecular flexibility index (Phi) is 5.09. The highest BCUT2D eigenvalue weighted by atomic mass is 35.5. The first-order valence-electron chi connectivity index (χ1n) is 6.26. The van der Waals surface area contributed by atoms with Gasteiger partial charge >= 0.3 is 0 Å². The summed E-state index contributed by atoms with van der Waals surface area (Å²) in [6.45, 7) is 2.42. The SMILES string of the molecule is O=CN1CCN(C(=O)CNc2cc(Cl)ccc2Cl)CC1. The molecule has 1 aromatic rings. The van der Waals surface area contributed by atoms with Crippen LogP contribution in [0.4, 0.5) is 5.69 Å². The highest BCUT2D eigenvalue weighted by molar-refractivity contribution is 6.35. The summed E-state index contributed by atoms with van der Waals surface area (Å²) in [7, 11) is 0. The molecule has 1 aromatic carbocycles. The molecule has 0 aromatic heterocycles. The molecule has 0 unspecified atom stereocenters. The van der Waals surface area contributed by atoms with E-state index in [1.165, 1.54) is 0 Å². The van der Waals surface area contributed by atoms with E-state index in [0.29, 0.717) is 41.9 Å². The lowest BCUT2D eigenvalue weighted by molar-refractivity contribution is -0.133. The zero-order valence-corrected chi connectivity index (χ0v) is 12.3. The lowest BCUT2D eigenvalue weighted by Gasteiger charge is -2.32. The van der Waals surface area contributed by atoms with Crippen molar-refractivity contribution in [2.45, 2.75) is 0 Å². The fraction of sp³-hybridized carbons (Fsp3) is 0.385. The van der Waals surface area contributed by atoms with Crippen LogP contribution in [-0.2, 0) is 9.59 Å². The smallest absolute Gasteiger partial charge is 0.241 e. The minimum Gasteiger partial charge on any atom is -0.375 e. The maximum absolute atomic E-state index is 12.0. The largest absolute Gasteiger partial charge is 0.375 e. The Labute approximate surface area is 127 Å². The number of hydrogen-bond donors (Lipinski definition) is 1. The summed E-state index contributed by atoms with van der Waals surface area (Å²) in [4.78, 5) is 26.0. The number of carbonyl (C=O) groups excluding carboxylic acids is 2. The van der Waals surface area contributed by atoms with Gasteiger partial charge < -0.3 is 15.1 Å². The van der Waals surface area contributed by atoms with Crippen molar-refractivity contribution in [2.24, 2.45) is 0 Å². The molecule has 1 N–H and O–H groups in total. The molecule has 0 radical (unpaired) electrons. The zero-order valence-electron chi connectivity index (χ0n) is 10.8. The van der Waals surface area contributed by atoms with E-state index in [1.54, 1.807) is 28.0 Å². The molecule has 2 rings (SSSR count). The quantitative estimate of drug-likeness (QED) is 0.861.